The number of aromatic nitrogens is 10. The summed E-state index contributed by atoms with van der Waals surface area (Å²) in [6.07, 6.45) is 8.87. The Morgan fingerprint density at radius 1 is 1.00 bits per heavy atom. The molecule has 0 fully saturated rings. The summed E-state index contributed by atoms with van der Waals surface area (Å²) in [4.78, 5) is 22.5. The van der Waals surface area contributed by atoms with E-state index in [1.54, 1.807) is 20.0 Å². The number of aromatic amines is 1. The van der Waals surface area contributed by atoms with Crippen LogP contribution in [-0.2, 0) is 19.5 Å². The molecule has 5 aromatic rings. The van der Waals surface area contributed by atoms with Gasteiger partial charge in [0.15, 0.2) is 5.82 Å². The minimum absolute atomic E-state index is 0.142. The van der Waals surface area contributed by atoms with Gasteiger partial charge in [0.05, 0.1) is 12.2 Å². The lowest BCUT2D eigenvalue weighted by Crippen LogP contribution is -2.27. The second kappa shape index (κ2) is 10.5. The molecule has 0 saturated heterocycles. The number of aryl methyl sites for hydroxylation is 2. The highest BCUT2D eigenvalue weighted by Crippen LogP contribution is 2.24. The standard InChI is InChI=1S/C25H28N10O/c1-3-5-12-35-24(27-17-28-35)34-16-22(7-4-2)33(25(34)36)15-21-14-19(10-11-26-21)18-8-6-9-20(13-18)23-29-31-32-30-23/h6,8-11,13-14,16-17H,3-5,7,12,15H2,1-2H3,(H,29,30,31,32). The summed E-state index contributed by atoms with van der Waals surface area (Å²) in [5, 5.41) is 18.4. The summed E-state index contributed by atoms with van der Waals surface area (Å²) in [6, 6.07) is 11.9. The first-order valence-corrected chi connectivity index (χ1v) is 12.2. The maximum absolute atomic E-state index is 13.5. The van der Waals surface area contributed by atoms with E-state index in [4.69, 9.17) is 0 Å². The van der Waals surface area contributed by atoms with Crippen molar-refractivity contribution in [3.8, 4) is 28.5 Å². The first-order valence-electron chi connectivity index (χ1n) is 12.2. The van der Waals surface area contributed by atoms with Crippen LogP contribution in [0.15, 0.2) is 59.9 Å². The van der Waals surface area contributed by atoms with Crippen molar-refractivity contribution in [2.45, 2.75) is 52.6 Å². The normalized spacial score (nSPS) is 11.3. The van der Waals surface area contributed by atoms with Gasteiger partial charge in [-0.05, 0) is 52.6 Å². The Morgan fingerprint density at radius 3 is 2.67 bits per heavy atom. The summed E-state index contributed by atoms with van der Waals surface area (Å²) in [6.45, 7) is 5.32. The van der Waals surface area contributed by atoms with Crippen molar-refractivity contribution in [1.29, 1.82) is 0 Å². The molecular formula is C25H28N10O. The Bertz CT molecular complexity index is 1500. The number of pyridine rings is 1. The highest BCUT2D eigenvalue weighted by atomic mass is 16.2. The van der Waals surface area contributed by atoms with Gasteiger partial charge in [-0.2, -0.15) is 10.1 Å². The van der Waals surface area contributed by atoms with Crippen molar-refractivity contribution in [2.75, 3.05) is 0 Å². The number of hydrogen-bond acceptors (Lipinski definition) is 7. The van der Waals surface area contributed by atoms with Gasteiger partial charge in [0, 0.05) is 30.2 Å². The minimum atomic E-state index is -0.142. The molecule has 0 unspecified atom stereocenters. The second-order valence-corrected chi connectivity index (χ2v) is 8.61. The van der Waals surface area contributed by atoms with Gasteiger partial charge in [0.2, 0.25) is 5.95 Å². The number of hydrogen-bond donors (Lipinski definition) is 1. The Balaban J connectivity index is 1.47. The molecule has 0 atom stereocenters. The third-order valence-electron chi connectivity index (χ3n) is 6.05. The zero-order chi connectivity index (χ0) is 24.9. The fourth-order valence-corrected chi connectivity index (χ4v) is 4.24. The molecule has 5 rings (SSSR count). The van der Waals surface area contributed by atoms with E-state index in [9.17, 15) is 4.79 Å². The minimum Gasteiger partial charge on any atom is -0.290 e. The Kier molecular flexibility index (Phi) is 6.78. The van der Waals surface area contributed by atoms with Crippen LogP contribution in [0.3, 0.4) is 0 Å². The van der Waals surface area contributed by atoms with Gasteiger partial charge in [0.1, 0.15) is 6.33 Å². The summed E-state index contributed by atoms with van der Waals surface area (Å²) >= 11 is 0. The molecule has 0 aliphatic heterocycles. The monoisotopic (exact) mass is 484 g/mol. The van der Waals surface area contributed by atoms with Crippen molar-refractivity contribution in [3.63, 3.8) is 0 Å². The van der Waals surface area contributed by atoms with Crippen LogP contribution in [0, 0.1) is 0 Å². The van der Waals surface area contributed by atoms with E-state index in [2.05, 4.69) is 49.5 Å². The zero-order valence-corrected chi connectivity index (χ0v) is 20.4. The summed E-state index contributed by atoms with van der Waals surface area (Å²) in [7, 11) is 0. The lowest BCUT2D eigenvalue weighted by atomic mass is 10.0. The highest BCUT2D eigenvalue weighted by Gasteiger charge is 2.17. The Labute approximate surface area is 207 Å². The molecule has 36 heavy (non-hydrogen) atoms. The lowest BCUT2D eigenvalue weighted by molar-refractivity contribution is 0.553. The van der Waals surface area contributed by atoms with E-state index in [0.29, 0.717) is 18.3 Å². The molecule has 184 valence electrons. The summed E-state index contributed by atoms with van der Waals surface area (Å²) < 4.78 is 5.18. The molecule has 1 N–H and O–H groups in total. The molecule has 0 amide bonds. The fraction of sp³-hybridized carbons (Fsp3) is 0.320. The summed E-state index contributed by atoms with van der Waals surface area (Å²) in [5.41, 5.74) is 4.50. The molecule has 11 nitrogen and oxygen atoms in total. The van der Waals surface area contributed by atoms with Gasteiger partial charge in [-0.15, -0.1) is 5.10 Å². The van der Waals surface area contributed by atoms with Crippen LogP contribution in [0.1, 0.15) is 44.5 Å². The first kappa shape index (κ1) is 23.3. The Hall–Kier alpha value is -4.41. The second-order valence-electron chi connectivity index (χ2n) is 8.61. The number of nitrogens with zero attached hydrogens (tertiary/aromatic N) is 9. The van der Waals surface area contributed by atoms with Crippen molar-refractivity contribution < 1.29 is 0 Å². The number of imidazole rings is 1. The molecule has 4 heterocycles. The maximum atomic E-state index is 13.5. The fourth-order valence-electron chi connectivity index (χ4n) is 4.24. The average molecular weight is 485 g/mol. The van der Waals surface area contributed by atoms with Crippen LogP contribution >= 0.6 is 0 Å². The van der Waals surface area contributed by atoms with Crippen LogP contribution in [0.5, 0.6) is 0 Å². The topological polar surface area (TPSA) is 125 Å². The maximum Gasteiger partial charge on any atom is 0.335 e. The van der Waals surface area contributed by atoms with E-state index >= 15 is 0 Å². The van der Waals surface area contributed by atoms with E-state index in [1.165, 1.54) is 6.33 Å². The smallest absolute Gasteiger partial charge is 0.290 e. The molecule has 0 aliphatic rings. The number of unbranched alkanes of at least 4 members (excludes halogenated alkanes) is 1. The molecule has 0 radical (unpaired) electrons. The molecule has 4 aromatic heterocycles. The quantitative estimate of drug-likeness (QED) is 0.322. The molecule has 0 spiro atoms. The van der Waals surface area contributed by atoms with Gasteiger partial charge in [-0.3, -0.25) is 9.55 Å². The van der Waals surface area contributed by atoms with E-state index in [1.807, 2.05) is 42.6 Å². The van der Waals surface area contributed by atoms with Crippen LogP contribution in [0.4, 0.5) is 0 Å². The predicted molar refractivity (Wildman–Crippen MR) is 134 cm³/mol. The highest BCUT2D eigenvalue weighted by molar-refractivity contribution is 5.70. The van der Waals surface area contributed by atoms with E-state index in [0.717, 1.165) is 60.3 Å². The van der Waals surface area contributed by atoms with Gasteiger partial charge in [0.25, 0.3) is 0 Å². The number of H-pyrrole nitrogens is 1. The average Bonchev–Trinajstić information content (AvgIpc) is 3.66. The van der Waals surface area contributed by atoms with Crippen molar-refractivity contribution in [2.24, 2.45) is 0 Å². The van der Waals surface area contributed by atoms with Crippen molar-refractivity contribution in [3.05, 3.63) is 77.0 Å². The molecule has 0 saturated carbocycles. The zero-order valence-electron chi connectivity index (χ0n) is 20.4. The third-order valence-corrected chi connectivity index (χ3v) is 6.05. The molecule has 1 aromatic carbocycles. The van der Waals surface area contributed by atoms with Crippen LogP contribution < -0.4 is 5.69 Å². The van der Waals surface area contributed by atoms with Gasteiger partial charge in [-0.1, -0.05) is 44.9 Å². The number of tetrazole rings is 1. The van der Waals surface area contributed by atoms with Crippen molar-refractivity contribution in [1.82, 2.24) is 49.5 Å². The van der Waals surface area contributed by atoms with Crippen LogP contribution in [-0.4, -0.2) is 49.5 Å². The first-order chi connectivity index (χ1) is 17.7. The molecular weight excluding hydrogens is 456 g/mol. The van der Waals surface area contributed by atoms with Crippen molar-refractivity contribution >= 4 is 0 Å². The number of rotatable bonds is 10. The third kappa shape index (κ3) is 4.72. The molecule has 11 heteroatoms. The predicted octanol–water partition coefficient (Wildman–Crippen LogP) is 3.27. The molecule has 0 bridgehead atoms. The van der Waals surface area contributed by atoms with Gasteiger partial charge < -0.3 is 0 Å². The largest absolute Gasteiger partial charge is 0.335 e. The number of nitrogens with one attached hydrogen (secondary N) is 1. The summed E-state index contributed by atoms with van der Waals surface area (Å²) in [5.74, 6) is 1.15. The van der Waals surface area contributed by atoms with Crippen LogP contribution in [0.25, 0.3) is 28.5 Å². The lowest BCUT2D eigenvalue weighted by Gasteiger charge is -2.09. The van der Waals surface area contributed by atoms with E-state index < -0.39 is 0 Å². The Morgan fingerprint density at radius 2 is 1.86 bits per heavy atom. The molecule has 0 aliphatic carbocycles. The number of benzene rings is 1. The van der Waals surface area contributed by atoms with Crippen LogP contribution in [0.2, 0.25) is 0 Å². The van der Waals surface area contributed by atoms with Gasteiger partial charge in [-0.25, -0.2) is 19.1 Å². The SMILES string of the molecule is CCCCn1ncnc1-n1cc(CCC)n(Cc2cc(-c3cccc(-c4nnn[nH]4)c3)ccn2)c1=O. The van der Waals surface area contributed by atoms with E-state index in [-0.39, 0.29) is 5.69 Å². The van der Waals surface area contributed by atoms with Gasteiger partial charge >= 0.3 is 5.69 Å².